The number of ether oxygens (including phenoxy) is 1. The number of aromatic nitrogens is 1. The number of anilines is 3. The van der Waals surface area contributed by atoms with Crippen LogP contribution in [0.4, 0.5) is 17.1 Å². The Bertz CT molecular complexity index is 1040. The summed E-state index contributed by atoms with van der Waals surface area (Å²) in [7, 11) is 0. The number of pyridine rings is 1. The van der Waals surface area contributed by atoms with Gasteiger partial charge < -0.3 is 20.7 Å². The zero-order valence-electron chi connectivity index (χ0n) is 16.3. The number of benzene rings is 2. The average Bonchev–Trinajstić information content (AvgIpc) is 3.15. The lowest BCUT2D eigenvalue weighted by Crippen LogP contribution is -2.29. The molecule has 3 N–H and O–H groups in total. The summed E-state index contributed by atoms with van der Waals surface area (Å²) >= 11 is 0. The van der Waals surface area contributed by atoms with E-state index < -0.39 is 0 Å². The summed E-state index contributed by atoms with van der Waals surface area (Å²) in [6.45, 7) is 0.937. The van der Waals surface area contributed by atoms with Crippen molar-refractivity contribution in [3.63, 3.8) is 0 Å². The van der Waals surface area contributed by atoms with Gasteiger partial charge in [-0.3, -0.25) is 14.6 Å². The van der Waals surface area contributed by atoms with Crippen LogP contribution in [0.2, 0.25) is 0 Å². The molecule has 1 fully saturated rings. The standard InChI is InChI=1S/C23H22N4O3/c24-20-5-1-2-6-21(20)26-22(28)16-7-9-18(10-8-16)27-13-11-17(23(27)29)15-30-19-4-3-12-25-14-19/h1-10,12,14,17H,11,13,15,24H2,(H,26,28). The van der Waals surface area contributed by atoms with Gasteiger partial charge in [0, 0.05) is 24.0 Å². The number of nitrogens with one attached hydrogen (secondary N) is 1. The number of carbonyl (C=O) groups excluding carboxylic acids is 2. The Labute approximate surface area is 174 Å². The highest BCUT2D eigenvalue weighted by atomic mass is 16.5. The third kappa shape index (κ3) is 4.25. The van der Waals surface area contributed by atoms with E-state index in [9.17, 15) is 9.59 Å². The number of nitrogen functional groups attached to an aromatic ring is 1. The van der Waals surface area contributed by atoms with Crippen LogP contribution >= 0.6 is 0 Å². The van der Waals surface area contributed by atoms with Gasteiger partial charge in [-0.15, -0.1) is 0 Å². The van der Waals surface area contributed by atoms with E-state index in [0.717, 1.165) is 5.69 Å². The Hall–Kier alpha value is -3.87. The summed E-state index contributed by atoms with van der Waals surface area (Å²) in [5, 5.41) is 2.80. The van der Waals surface area contributed by atoms with Crippen molar-refractivity contribution in [2.75, 3.05) is 29.1 Å². The molecule has 2 amide bonds. The molecule has 1 aromatic heterocycles. The van der Waals surface area contributed by atoms with Gasteiger partial charge in [-0.05, 0) is 55.0 Å². The van der Waals surface area contributed by atoms with E-state index in [1.807, 2.05) is 18.2 Å². The molecular formula is C23H22N4O3. The van der Waals surface area contributed by atoms with Crippen molar-refractivity contribution in [2.45, 2.75) is 6.42 Å². The molecule has 1 aliphatic heterocycles. The number of rotatable bonds is 6. The summed E-state index contributed by atoms with van der Waals surface area (Å²) < 4.78 is 5.69. The topological polar surface area (TPSA) is 97.6 Å². The SMILES string of the molecule is Nc1ccccc1NC(=O)c1ccc(N2CCC(COc3cccnc3)C2=O)cc1. The number of para-hydroxylation sites is 2. The molecular weight excluding hydrogens is 380 g/mol. The first-order chi connectivity index (χ1) is 14.6. The Morgan fingerprint density at radius 2 is 1.93 bits per heavy atom. The van der Waals surface area contributed by atoms with Gasteiger partial charge in [0.2, 0.25) is 5.91 Å². The second-order valence-electron chi connectivity index (χ2n) is 7.06. The minimum absolute atomic E-state index is 0.0214. The molecule has 0 saturated carbocycles. The van der Waals surface area contributed by atoms with Gasteiger partial charge in [-0.2, -0.15) is 0 Å². The molecule has 7 heteroatoms. The van der Waals surface area contributed by atoms with Crippen molar-refractivity contribution in [1.29, 1.82) is 0 Å². The van der Waals surface area contributed by atoms with Gasteiger partial charge in [0.1, 0.15) is 5.75 Å². The lowest BCUT2D eigenvalue weighted by molar-refractivity contribution is -0.121. The van der Waals surface area contributed by atoms with Crippen LogP contribution in [0.3, 0.4) is 0 Å². The van der Waals surface area contributed by atoms with Gasteiger partial charge in [0.15, 0.2) is 0 Å². The number of nitrogens with zero attached hydrogens (tertiary/aromatic N) is 2. The number of hydrogen-bond acceptors (Lipinski definition) is 5. The molecule has 0 radical (unpaired) electrons. The largest absolute Gasteiger partial charge is 0.491 e. The van der Waals surface area contributed by atoms with Crippen molar-refractivity contribution in [2.24, 2.45) is 5.92 Å². The second-order valence-corrected chi connectivity index (χ2v) is 7.06. The van der Waals surface area contributed by atoms with Crippen LogP contribution in [-0.4, -0.2) is 29.9 Å². The van der Waals surface area contributed by atoms with E-state index >= 15 is 0 Å². The molecule has 30 heavy (non-hydrogen) atoms. The molecule has 7 nitrogen and oxygen atoms in total. The first-order valence-electron chi connectivity index (χ1n) is 9.72. The third-order valence-electron chi connectivity index (χ3n) is 5.05. The first-order valence-corrected chi connectivity index (χ1v) is 9.72. The Morgan fingerprint density at radius 1 is 1.13 bits per heavy atom. The van der Waals surface area contributed by atoms with E-state index in [2.05, 4.69) is 10.3 Å². The first kappa shape index (κ1) is 19.4. The number of amides is 2. The maximum absolute atomic E-state index is 12.8. The van der Waals surface area contributed by atoms with Crippen molar-refractivity contribution >= 4 is 28.9 Å². The molecule has 0 bridgehead atoms. The summed E-state index contributed by atoms with van der Waals surface area (Å²) in [5.74, 6) is 0.218. The molecule has 3 aromatic rings. The van der Waals surface area contributed by atoms with Gasteiger partial charge in [-0.25, -0.2) is 0 Å². The maximum Gasteiger partial charge on any atom is 0.255 e. The highest BCUT2D eigenvalue weighted by molar-refractivity contribution is 6.06. The second kappa shape index (κ2) is 8.65. The van der Waals surface area contributed by atoms with Crippen LogP contribution in [0.1, 0.15) is 16.8 Å². The molecule has 2 aromatic carbocycles. The number of nitrogens with two attached hydrogens (primary N) is 1. The molecule has 152 valence electrons. The minimum atomic E-state index is -0.255. The van der Waals surface area contributed by atoms with Gasteiger partial charge in [-0.1, -0.05) is 12.1 Å². The van der Waals surface area contributed by atoms with Crippen molar-refractivity contribution < 1.29 is 14.3 Å². The Morgan fingerprint density at radius 3 is 2.67 bits per heavy atom. The molecule has 0 aliphatic carbocycles. The van der Waals surface area contributed by atoms with E-state index in [1.54, 1.807) is 59.8 Å². The predicted octanol–water partition coefficient (Wildman–Crippen LogP) is 3.35. The minimum Gasteiger partial charge on any atom is -0.491 e. The molecule has 1 atom stereocenters. The lowest BCUT2D eigenvalue weighted by Gasteiger charge is -2.17. The quantitative estimate of drug-likeness (QED) is 0.616. The monoisotopic (exact) mass is 402 g/mol. The zero-order chi connectivity index (χ0) is 20.9. The van der Waals surface area contributed by atoms with Crippen LogP contribution in [0.15, 0.2) is 73.1 Å². The lowest BCUT2D eigenvalue weighted by atomic mass is 10.1. The van der Waals surface area contributed by atoms with E-state index in [-0.39, 0.29) is 17.7 Å². The highest BCUT2D eigenvalue weighted by Gasteiger charge is 2.33. The Kier molecular flexibility index (Phi) is 5.61. The van der Waals surface area contributed by atoms with Crippen LogP contribution < -0.4 is 20.7 Å². The summed E-state index contributed by atoms with van der Waals surface area (Å²) in [6, 6.07) is 17.7. The molecule has 4 rings (SSSR count). The molecule has 2 heterocycles. The van der Waals surface area contributed by atoms with Crippen LogP contribution in [0.25, 0.3) is 0 Å². The highest BCUT2D eigenvalue weighted by Crippen LogP contribution is 2.26. The Balaban J connectivity index is 1.37. The number of carbonyl (C=O) groups is 2. The van der Waals surface area contributed by atoms with Crippen molar-refractivity contribution in [1.82, 2.24) is 4.98 Å². The predicted molar refractivity (Wildman–Crippen MR) is 115 cm³/mol. The van der Waals surface area contributed by atoms with E-state index in [1.165, 1.54) is 0 Å². The van der Waals surface area contributed by atoms with Crippen LogP contribution in [0.5, 0.6) is 5.75 Å². The summed E-state index contributed by atoms with van der Waals surface area (Å²) in [6.07, 6.45) is 4.02. The van der Waals surface area contributed by atoms with Crippen LogP contribution in [0, 0.1) is 5.92 Å². The van der Waals surface area contributed by atoms with Gasteiger partial charge >= 0.3 is 0 Å². The molecule has 1 aliphatic rings. The molecule has 0 spiro atoms. The fourth-order valence-corrected chi connectivity index (χ4v) is 3.38. The van der Waals surface area contributed by atoms with E-state index in [0.29, 0.717) is 42.3 Å². The molecule has 1 unspecified atom stereocenters. The molecule has 1 saturated heterocycles. The normalized spacial score (nSPS) is 15.8. The average molecular weight is 402 g/mol. The van der Waals surface area contributed by atoms with Crippen LogP contribution in [-0.2, 0) is 4.79 Å². The van der Waals surface area contributed by atoms with E-state index in [4.69, 9.17) is 10.5 Å². The fraction of sp³-hybridized carbons (Fsp3) is 0.174. The summed E-state index contributed by atoms with van der Waals surface area (Å²) in [4.78, 5) is 31.0. The summed E-state index contributed by atoms with van der Waals surface area (Å²) in [5.41, 5.74) is 8.20. The van der Waals surface area contributed by atoms with Crippen molar-refractivity contribution in [3.8, 4) is 5.75 Å². The third-order valence-corrected chi connectivity index (χ3v) is 5.05. The fourth-order valence-electron chi connectivity index (χ4n) is 3.38. The van der Waals surface area contributed by atoms with Gasteiger partial charge in [0.05, 0.1) is 30.1 Å². The number of hydrogen-bond donors (Lipinski definition) is 2. The van der Waals surface area contributed by atoms with Crippen molar-refractivity contribution in [3.05, 3.63) is 78.6 Å². The maximum atomic E-state index is 12.8. The smallest absolute Gasteiger partial charge is 0.255 e. The zero-order valence-corrected chi connectivity index (χ0v) is 16.3. The van der Waals surface area contributed by atoms with Gasteiger partial charge in [0.25, 0.3) is 5.91 Å².